The molecular formula is C13H22N4O2. The van der Waals surface area contributed by atoms with E-state index in [9.17, 15) is 9.90 Å². The summed E-state index contributed by atoms with van der Waals surface area (Å²) in [6, 6.07) is 1.89. The molecule has 1 aliphatic rings. The van der Waals surface area contributed by atoms with E-state index in [-0.39, 0.29) is 24.6 Å². The van der Waals surface area contributed by atoms with Crippen LogP contribution in [0, 0.1) is 5.92 Å². The summed E-state index contributed by atoms with van der Waals surface area (Å²) in [5.41, 5.74) is 0. The first-order valence-electron chi connectivity index (χ1n) is 6.82. The Bertz CT molecular complexity index is 430. The van der Waals surface area contributed by atoms with E-state index >= 15 is 0 Å². The summed E-state index contributed by atoms with van der Waals surface area (Å²) in [6.45, 7) is 5.56. The molecule has 1 saturated heterocycles. The van der Waals surface area contributed by atoms with Crippen molar-refractivity contribution in [3.8, 4) is 0 Å². The van der Waals surface area contributed by atoms with Crippen LogP contribution in [0.15, 0.2) is 12.3 Å². The largest absolute Gasteiger partial charge is 0.396 e. The molecule has 1 atom stereocenters. The summed E-state index contributed by atoms with van der Waals surface area (Å²) in [7, 11) is 0. The molecule has 1 unspecified atom stereocenters. The van der Waals surface area contributed by atoms with Gasteiger partial charge in [-0.05, 0) is 32.6 Å². The summed E-state index contributed by atoms with van der Waals surface area (Å²) < 4.78 is 1.78. The molecule has 0 saturated carbocycles. The minimum absolute atomic E-state index is 0.111. The molecule has 6 heteroatoms. The number of nitrogens with zero attached hydrogens (tertiary/aromatic N) is 3. The number of carbonyl (C=O) groups is 1. The Kier molecular flexibility index (Phi) is 4.42. The van der Waals surface area contributed by atoms with E-state index in [4.69, 9.17) is 0 Å². The van der Waals surface area contributed by atoms with Crippen LogP contribution in [0.25, 0.3) is 0 Å². The molecule has 106 valence electrons. The quantitative estimate of drug-likeness (QED) is 0.874. The van der Waals surface area contributed by atoms with Crippen LogP contribution in [0.2, 0.25) is 0 Å². The van der Waals surface area contributed by atoms with Crippen LogP contribution >= 0.6 is 0 Å². The van der Waals surface area contributed by atoms with E-state index in [1.54, 1.807) is 21.8 Å². The Morgan fingerprint density at radius 3 is 3.11 bits per heavy atom. The highest BCUT2D eigenvalue weighted by Gasteiger charge is 2.23. The first kappa shape index (κ1) is 13.9. The number of amides is 2. The number of rotatable bonds is 3. The fourth-order valence-corrected chi connectivity index (χ4v) is 2.41. The number of hydrogen-bond acceptors (Lipinski definition) is 3. The molecule has 2 rings (SSSR count). The lowest BCUT2D eigenvalue weighted by molar-refractivity contribution is 0.136. The molecule has 2 amide bonds. The highest BCUT2D eigenvalue weighted by molar-refractivity contribution is 5.88. The molecule has 1 aliphatic heterocycles. The number of aliphatic hydroxyl groups is 1. The zero-order valence-corrected chi connectivity index (χ0v) is 11.5. The van der Waals surface area contributed by atoms with Gasteiger partial charge >= 0.3 is 6.03 Å². The van der Waals surface area contributed by atoms with Crippen molar-refractivity contribution in [3.05, 3.63) is 12.3 Å². The van der Waals surface area contributed by atoms with Crippen molar-refractivity contribution in [3.63, 3.8) is 0 Å². The average molecular weight is 266 g/mol. The second kappa shape index (κ2) is 6.06. The molecular weight excluding hydrogens is 244 g/mol. The van der Waals surface area contributed by atoms with Crippen molar-refractivity contribution in [1.82, 2.24) is 14.7 Å². The van der Waals surface area contributed by atoms with Gasteiger partial charge in [0.1, 0.15) is 5.82 Å². The van der Waals surface area contributed by atoms with E-state index < -0.39 is 0 Å². The molecule has 1 aromatic heterocycles. The maximum Gasteiger partial charge on any atom is 0.323 e. The third-order valence-electron chi connectivity index (χ3n) is 3.46. The van der Waals surface area contributed by atoms with Crippen molar-refractivity contribution in [2.24, 2.45) is 5.92 Å². The molecule has 19 heavy (non-hydrogen) atoms. The van der Waals surface area contributed by atoms with Crippen LogP contribution in [-0.4, -0.2) is 45.5 Å². The van der Waals surface area contributed by atoms with Crippen LogP contribution in [-0.2, 0) is 0 Å². The van der Waals surface area contributed by atoms with Crippen molar-refractivity contribution in [1.29, 1.82) is 0 Å². The molecule has 0 bridgehead atoms. The Morgan fingerprint density at radius 2 is 2.42 bits per heavy atom. The first-order chi connectivity index (χ1) is 9.11. The number of carbonyl (C=O) groups excluding carboxylic acids is 1. The van der Waals surface area contributed by atoms with Gasteiger partial charge < -0.3 is 10.0 Å². The number of likely N-dealkylation sites (tertiary alicyclic amines) is 1. The standard InChI is InChI=1S/C13H22N4O2/c1-10(2)17-12(5-6-14-17)15-13(19)16-7-3-4-11(8-16)9-18/h5-6,10-11,18H,3-4,7-9H2,1-2H3,(H,15,19). The fourth-order valence-electron chi connectivity index (χ4n) is 2.41. The normalized spacial score (nSPS) is 19.8. The number of nitrogens with one attached hydrogen (secondary N) is 1. The van der Waals surface area contributed by atoms with Crippen molar-refractivity contribution in [2.45, 2.75) is 32.7 Å². The first-order valence-corrected chi connectivity index (χ1v) is 6.82. The molecule has 0 spiro atoms. The van der Waals surface area contributed by atoms with Gasteiger partial charge in [0.05, 0.1) is 6.20 Å². The minimum Gasteiger partial charge on any atom is -0.396 e. The van der Waals surface area contributed by atoms with Gasteiger partial charge in [-0.3, -0.25) is 5.32 Å². The predicted octanol–water partition coefficient (Wildman–Crippen LogP) is 1.70. The molecule has 2 N–H and O–H groups in total. The zero-order chi connectivity index (χ0) is 13.8. The van der Waals surface area contributed by atoms with E-state index in [2.05, 4.69) is 10.4 Å². The van der Waals surface area contributed by atoms with E-state index in [0.717, 1.165) is 19.4 Å². The van der Waals surface area contributed by atoms with Gasteiger partial charge in [-0.25, -0.2) is 9.48 Å². The maximum atomic E-state index is 12.2. The van der Waals surface area contributed by atoms with Gasteiger partial charge in [-0.15, -0.1) is 0 Å². The minimum atomic E-state index is -0.111. The fraction of sp³-hybridized carbons (Fsp3) is 0.692. The number of piperidine rings is 1. The van der Waals surface area contributed by atoms with Gasteiger partial charge in [0.25, 0.3) is 0 Å². The molecule has 0 radical (unpaired) electrons. The lowest BCUT2D eigenvalue weighted by Gasteiger charge is -2.31. The van der Waals surface area contributed by atoms with Crippen LogP contribution in [0.1, 0.15) is 32.7 Å². The Labute approximate surface area is 113 Å². The topological polar surface area (TPSA) is 70.4 Å². The number of anilines is 1. The summed E-state index contributed by atoms with van der Waals surface area (Å²) in [4.78, 5) is 14.0. The van der Waals surface area contributed by atoms with Crippen LogP contribution < -0.4 is 5.32 Å². The van der Waals surface area contributed by atoms with Gasteiger partial charge in [0.15, 0.2) is 0 Å². The summed E-state index contributed by atoms with van der Waals surface area (Å²) in [6.07, 6.45) is 3.62. The summed E-state index contributed by atoms with van der Waals surface area (Å²) >= 11 is 0. The van der Waals surface area contributed by atoms with E-state index in [0.29, 0.717) is 12.4 Å². The lowest BCUT2D eigenvalue weighted by Crippen LogP contribution is -2.43. The SMILES string of the molecule is CC(C)n1nccc1NC(=O)N1CCCC(CO)C1. The van der Waals surface area contributed by atoms with Crippen molar-refractivity contribution in [2.75, 3.05) is 25.0 Å². The number of aromatic nitrogens is 2. The maximum absolute atomic E-state index is 12.2. The van der Waals surface area contributed by atoms with Gasteiger partial charge in [0.2, 0.25) is 0 Å². The monoisotopic (exact) mass is 266 g/mol. The predicted molar refractivity (Wildman–Crippen MR) is 73.0 cm³/mol. The third-order valence-corrected chi connectivity index (χ3v) is 3.46. The smallest absolute Gasteiger partial charge is 0.323 e. The number of aliphatic hydroxyl groups excluding tert-OH is 1. The van der Waals surface area contributed by atoms with Gasteiger partial charge in [-0.2, -0.15) is 5.10 Å². The van der Waals surface area contributed by atoms with Gasteiger partial charge in [-0.1, -0.05) is 0 Å². The summed E-state index contributed by atoms with van der Waals surface area (Å²) in [5, 5.41) is 16.3. The van der Waals surface area contributed by atoms with Crippen LogP contribution in [0.3, 0.4) is 0 Å². The number of hydrogen-bond donors (Lipinski definition) is 2. The summed E-state index contributed by atoms with van der Waals surface area (Å²) in [5.74, 6) is 0.917. The molecule has 6 nitrogen and oxygen atoms in total. The zero-order valence-electron chi connectivity index (χ0n) is 11.5. The average Bonchev–Trinajstić information content (AvgIpc) is 2.87. The third kappa shape index (κ3) is 3.26. The Balaban J connectivity index is 1.98. The number of urea groups is 1. The molecule has 0 aliphatic carbocycles. The molecule has 1 fully saturated rings. The Hall–Kier alpha value is -1.56. The highest BCUT2D eigenvalue weighted by atomic mass is 16.3. The molecule has 0 aromatic carbocycles. The second-order valence-corrected chi connectivity index (χ2v) is 5.32. The van der Waals surface area contributed by atoms with Crippen LogP contribution in [0.5, 0.6) is 0 Å². The van der Waals surface area contributed by atoms with E-state index in [1.165, 1.54) is 0 Å². The molecule has 2 heterocycles. The van der Waals surface area contributed by atoms with Gasteiger partial charge in [0, 0.05) is 31.8 Å². The second-order valence-electron chi connectivity index (χ2n) is 5.32. The highest BCUT2D eigenvalue weighted by Crippen LogP contribution is 2.18. The van der Waals surface area contributed by atoms with Crippen LogP contribution in [0.4, 0.5) is 10.6 Å². The lowest BCUT2D eigenvalue weighted by atomic mass is 9.99. The molecule has 1 aromatic rings. The Morgan fingerprint density at radius 1 is 1.63 bits per heavy atom. The van der Waals surface area contributed by atoms with E-state index in [1.807, 2.05) is 13.8 Å². The van der Waals surface area contributed by atoms with Crippen molar-refractivity contribution >= 4 is 11.8 Å². The van der Waals surface area contributed by atoms with Crippen molar-refractivity contribution < 1.29 is 9.90 Å².